The highest BCUT2D eigenvalue weighted by atomic mass is 14.4. The van der Waals surface area contributed by atoms with E-state index in [1.165, 1.54) is 187 Å². The molecule has 2 aliphatic rings. The largest absolute Gasteiger partial charge is 0.0622 e. The summed E-state index contributed by atoms with van der Waals surface area (Å²) in [5, 5.41) is 12.6. The van der Waals surface area contributed by atoms with Crippen molar-refractivity contribution in [1.82, 2.24) is 0 Å². The van der Waals surface area contributed by atoms with Crippen LogP contribution < -0.4 is 0 Å². The summed E-state index contributed by atoms with van der Waals surface area (Å²) < 4.78 is 0. The molecule has 16 aromatic rings. The SMILES string of the molecule is c1ccc(-c2c(-c3ccccc3)c(-c3ccccc3)c3c(c2-c2ccccc2)-c2cccc4c(-c5c6ccccc6c(-c6ccc7c8c(cccc68)-c6c-7c(-c7ccccc7)c7ccccc7c6-c6ccccc6)c6ccccc56)ccc-3c24)cc1. The number of hydrogen-bond acceptors (Lipinski definition) is 0. The molecule has 0 spiro atoms. The van der Waals surface area contributed by atoms with Gasteiger partial charge in [0.25, 0.3) is 0 Å². The Bertz CT molecular complexity index is 5190. The van der Waals surface area contributed by atoms with E-state index >= 15 is 0 Å². The lowest BCUT2D eigenvalue weighted by Gasteiger charge is -2.26. The van der Waals surface area contributed by atoms with Crippen molar-refractivity contribution < 1.29 is 0 Å². The van der Waals surface area contributed by atoms with Crippen LogP contribution in [0.5, 0.6) is 0 Å². The molecule has 0 N–H and O–H groups in total. The van der Waals surface area contributed by atoms with Crippen molar-refractivity contribution in [3.8, 4) is 134 Å². The molecular formula is C86H52. The number of benzene rings is 16. The Labute approximate surface area is 499 Å². The zero-order valence-electron chi connectivity index (χ0n) is 47.0. The molecule has 16 aromatic carbocycles. The lowest BCUT2D eigenvalue weighted by atomic mass is 9.76. The van der Waals surface area contributed by atoms with Crippen molar-refractivity contribution in [3.05, 3.63) is 315 Å². The minimum absolute atomic E-state index is 1.19. The van der Waals surface area contributed by atoms with Gasteiger partial charge in [0.2, 0.25) is 0 Å². The van der Waals surface area contributed by atoms with E-state index in [4.69, 9.17) is 0 Å². The average molecular weight is 1090 g/mol. The summed E-state index contributed by atoms with van der Waals surface area (Å²) >= 11 is 0. The van der Waals surface area contributed by atoms with Crippen LogP contribution in [0.15, 0.2) is 315 Å². The van der Waals surface area contributed by atoms with Crippen LogP contribution in [-0.2, 0) is 0 Å². The maximum absolute atomic E-state index is 2.46. The second kappa shape index (κ2) is 19.2. The first-order valence-electron chi connectivity index (χ1n) is 30.0. The summed E-state index contributed by atoms with van der Waals surface area (Å²) in [5.41, 5.74) is 30.1. The molecule has 0 amide bonds. The zero-order valence-corrected chi connectivity index (χ0v) is 47.0. The van der Waals surface area contributed by atoms with Crippen molar-refractivity contribution in [2.45, 2.75) is 0 Å². The van der Waals surface area contributed by atoms with Crippen molar-refractivity contribution in [2.24, 2.45) is 0 Å². The van der Waals surface area contributed by atoms with Gasteiger partial charge in [-0.15, -0.1) is 0 Å². The standard InChI is InChI=1S/C86H52/c1-7-27-53(28-8-1)73-59-39-19-20-40-60(59)74(54-29-9-2-10-30-54)84-71-51-49-67(65-45-25-47-69(81(65)71)83(73)84)79-61-41-21-23-43-63(61)80(64-44-24-22-42-62(64)79)68-50-52-72-82-66(68)46-26-48-70(82)85-77(57-35-15-5-16-36-57)75(55-31-11-3-12-32-55)76(56-33-13-4-14-34-56)78(86(72)85)58-37-17-6-18-38-58/h1-52H. The molecule has 0 nitrogen and oxygen atoms in total. The second-order valence-corrected chi connectivity index (χ2v) is 23.1. The summed E-state index contributed by atoms with van der Waals surface area (Å²) in [5.74, 6) is 0. The Hall–Kier alpha value is -11.2. The Kier molecular flexibility index (Phi) is 10.8. The van der Waals surface area contributed by atoms with E-state index in [1.54, 1.807) is 0 Å². The molecule has 0 saturated heterocycles. The quantitative estimate of drug-likeness (QED) is 0.133. The highest BCUT2D eigenvalue weighted by molar-refractivity contribution is 6.33. The highest BCUT2D eigenvalue weighted by Crippen LogP contribution is 2.63. The summed E-state index contributed by atoms with van der Waals surface area (Å²) in [6.45, 7) is 0. The molecule has 0 aliphatic heterocycles. The minimum atomic E-state index is 1.19. The van der Waals surface area contributed by atoms with E-state index < -0.39 is 0 Å². The fourth-order valence-corrected chi connectivity index (χ4v) is 15.4. The molecule has 2 aliphatic carbocycles. The molecule has 0 fully saturated rings. The van der Waals surface area contributed by atoms with Crippen LogP contribution in [0.1, 0.15) is 0 Å². The third-order valence-electron chi connectivity index (χ3n) is 18.7. The Balaban J connectivity index is 0.911. The van der Waals surface area contributed by atoms with Gasteiger partial charge in [-0.05, 0) is 187 Å². The van der Waals surface area contributed by atoms with Gasteiger partial charge in [0.05, 0.1) is 0 Å². The minimum Gasteiger partial charge on any atom is -0.0622 e. The molecule has 0 atom stereocenters. The first-order chi connectivity index (χ1) is 42.8. The monoisotopic (exact) mass is 1080 g/mol. The first-order valence-corrected chi connectivity index (χ1v) is 30.0. The topological polar surface area (TPSA) is 0 Å². The van der Waals surface area contributed by atoms with Gasteiger partial charge in [0.15, 0.2) is 0 Å². The van der Waals surface area contributed by atoms with Crippen LogP contribution >= 0.6 is 0 Å². The van der Waals surface area contributed by atoms with Gasteiger partial charge in [-0.3, -0.25) is 0 Å². The average Bonchev–Trinajstić information content (AvgIpc) is 1.55. The second-order valence-electron chi connectivity index (χ2n) is 23.1. The maximum Gasteiger partial charge on any atom is -0.000718 e. The Morgan fingerprint density at radius 1 is 0.105 bits per heavy atom. The summed E-state index contributed by atoms with van der Waals surface area (Å²) in [6.07, 6.45) is 0. The Morgan fingerprint density at radius 3 is 0.593 bits per heavy atom. The summed E-state index contributed by atoms with van der Waals surface area (Å²) in [6, 6.07) is 118. The van der Waals surface area contributed by atoms with Crippen LogP contribution in [-0.4, -0.2) is 0 Å². The smallest absolute Gasteiger partial charge is 0.000718 e. The molecule has 86 heavy (non-hydrogen) atoms. The van der Waals surface area contributed by atoms with Gasteiger partial charge >= 0.3 is 0 Å². The van der Waals surface area contributed by atoms with E-state index in [0.29, 0.717) is 0 Å². The van der Waals surface area contributed by atoms with Gasteiger partial charge in [-0.25, -0.2) is 0 Å². The predicted molar refractivity (Wildman–Crippen MR) is 366 cm³/mol. The van der Waals surface area contributed by atoms with Crippen LogP contribution in [0.2, 0.25) is 0 Å². The van der Waals surface area contributed by atoms with E-state index in [1.807, 2.05) is 0 Å². The van der Waals surface area contributed by atoms with Crippen LogP contribution in [0.4, 0.5) is 0 Å². The maximum atomic E-state index is 2.46. The van der Waals surface area contributed by atoms with Crippen molar-refractivity contribution in [3.63, 3.8) is 0 Å². The Morgan fingerprint density at radius 2 is 0.302 bits per heavy atom. The first kappa shape index (κ1) is 48.4. The summed E-state index contributed by atoms with van der Waals surface area (Å²) in [4.78, 5) is 0. The van der Waals surface area contributed by atoms with Crippen molar-refractivity contribution >= 4 is 53.9 Å². The van der Waals surface area contributed by atoms with Crippen LogP contribution in [0.3, 0.4) is 0 Å². The summed E-state index contributed by atoms with van der Waals surface area (Å²) in [7, 11) is 0. The predicted octanol–water partition coefficient (Wildman–Crippen LogP) is 24.1. The fraction of sp³-hybridized carbons (Fsp3) is 0. The van der Waals surface area contributed by atoms with Gasteiger partial charge < -0.3 is 0 Å². The molecule has 0 aromatic heterocycles. The number of rotatable bonds is 8. The van der Waals surface area contributed by atoms with Gasteiger partial charge in [-0.2, -0.15) is 0 Å². The molecule has 0 saturated carbocycles. The van der Waals surface area contributed by atoms with Crippen molar-refractivity contribution in [2.75, 3.05) is 0 Å². The molecule has 0 heteroatoms. The normalized spacial score (nSPS) is 12.0. The molecule has 18 rings (SSSR count). The highest BCUT2D eigenvalue weighted by Gasteiger charge is 2.36. The third kappa shape index (κ3) is 6.99. The third-order valence-corrected chi connectivity index (χ3v) is 18.7. The molecule has 0 heterocycles. The molecule has 0 bridgehead atoms. The van der Waals surface area contributed by atoms with Gasteiger partial charge in [0.1, 0.15) is 0 Å². The molecule has 396 valence electrons. The van der Waals surface area contributed by atoms with E-state index in [0.717, 1.165) is 0 Å². The molecule has 0 unspecified atom stereocenters. The zero-order chi connectivity index (χ0) is 56.4. The lowest BCUT2D eigenvalue weighted by molar-refractivity contribution is 1.54. The number of hydrogen-bond donors (Lipinski definition) is 0. The lowest BCUT2D eigenvalue weighted by Crippen LogP contribution is -1.99. The number of fused-ring (bicyclic) bond motifs is 9. The molecular weight excluding hydrogens is 1030 g/mol. The van der Waals surface area contributed by atoms with Crippen LogP contribution in [0, 0.1) is 0 Å². The van der Waals surface area contributed by atoms with Gasteiger partial charge in [0, 0.05) is 0 Å². The van der Waals surface area contributed by atoms with E-state index in [2.05, 4.69) is 315 Å². The van der Waals surface area contributed by atoms with Gasteiger partial charge in [-0.1, -0.05) is 315 Å². The van der Waals surface area contributed by atoms with E-state index in [-0.39, 0.29) is 0 Å². The fourth-order valence-electron chi connectivity index (χ4n) is 15.4. The molecule has 0 radical (unpaired) electrons. The van der Waals surface area contributed by atoms with E-state index in [9.17, 15) is 0 Å². The van der Waals surface area contributed by atoms with Crippen molar-refractivity contribution in [1.29, 1.82) is 0 Å². The van der Waals surface area contributed by atoms with Crippen LogP contribution in [0.25, 0.3) is 187 Å².